The van der Waals surface area contributed by atoms with Gasteiger partial charge in [-0.3, -0.25) is 0 Å². The van der Waals surface area contributed by atoms with Gasteiger partial charge in [0.25, 0.3) is 0 Å². The summed E-state index contributed by atoms with van der Waals surface area (Å²) in [5.41, 5.74) is 4.01. The number of aromatic amines is 1. The van der Waals surface area contributed by atoms with E-state index in [1.54, 1.807) is 0 Å². The van der Waals surface area contributed by atoms with Gasteiger partial charge in [0.15, 0.2) is 0 Å². The predicted molar refractivity (Wildman–Crippen MR) is 69.8 cm³/mol. The van der Waals surface area contributed by atoms with Crippen LogP contribution in [0.1, 0.15) is 0 Å². The van der Waals surface area contributed by atoms with E-state index in [0.29, 0.717) is 5.16 Å². The van der Waals surface area contributed by atoms with Gasteiger partial charge < -0.3 is 4.74 Å². The molecular weight excluding hydrogens is 282 g/mol. The van der Waals surface area contributed by atoms with Crippen LogP contribution in [0.2, 0.25) is 0 Å². The Morgan fingerprint density at radius 2 is 2.40 bits per heavy atom. The third-order valence-corrected chi connectivity index (χ3v) is 3.30. The van der Waals surface area contributed by atoms with E-state index in [-0.39, 0.29) is 0 Å². The quantitative estimate of drug-likeness (QED) is 0.740. The third-order valence-electron chi connectivity index (χ3n) is 2.45. The Labute approximate surface area is 116 Å². The van der Waals surface area contributed by atoms with Crippen LogP contribution in [0.25, 0.3) is 11.0 Å². The van der Waals surface area contributed by atoms with Crippen molar-refractivity contribution < 1.29 is 9.53 Å². The number of fused-ring (bicyclic) bond motifs is 1. The molecule has 20 heavy (non-hydrogen) atoms. The van der Waals surface area contributed by atoms with Gasteiger partial charge in [-0.15, -0.1) is 10.2 Å². The van der Waals surface area contributed by atoms with Crippen molar-refractivity contribution in [1.82, 2.24) is 30.3 Å². The first-order valence-corrected chi connectivity index (χ1v) is 6.31. The zero-order valence-electron chi connectivity index (χ0n) is 10.3. The third kappa shape index (κ3) is 2.40. The van der Waals surface area contributed by atoms with Gasteiger partial charge in [0.05, 0.1) is 18.1 Å². The molecule has 0 saturated carbocycles. The van der Waals surface area contributed by atoms with Crippen molar-refractivity contribution in [2.75, 3.05) is 12.5 Å². The number of rotatable bonds is 3. The second kappa shape index (κ2) is 5.17. The highest BCUT2D eigenvalue weighted by atomic mass is 32.2. The topological polar surface area (TPSA) is 111 Å². The molecule has 2 heterocycles. The molecule has 0 fully saturated rings. The first-order valence-electron chi connectivity index (χ1n) is 5.49. The summed E-state index contributed by atoms with van der Waals surface area (Å²) >= 11 is 1.36. The number of hydrogen-bond acceptors (Lipinski definition) is 7. The normalized spacial score (nSPS) is 10.7. The van der Waals surface area contributed by atoms with Crippen LogP contribution >= 0.6 is 11.8 Å². The highest BCUT2D eigenvalue weighted by molar-refractivity contribution is 7.99. The fourth-order valence-corrected chi connectivity index (χ4v) is 2.28. The summed E-state index contributed by atoms with van der Waals surface area (Å²) in [4.78, 5) is 16.3. The average molecular weight is 291 g/mol. The van der Waals surface area contributed by atoms with E-state index in [4.69, 9.17) is 0 Å². The largest absolute Gasteiger partial charge is 0.452 e. The lowest BCUT2D eigenvalue weighted by Gasteiger charge is -2.05. The van der Waals surface area contributed by atoms with Crippen LogP contribution in [0.15, 0.2) is 34.6 Å². The molecule has 2 aromatic heterocycles. The molecule has 0 aliphatic heterocycles. The molecule has 0 atom stereocenters. The Morgan fingerprint density at radius 1 is 1.50 bits per heavy atom. The van der Waals surface area contributed by atoms with Crippen LogP contribution < -0.4 is 5.43 Å². The number of benzene rings is 1. The standard InChI is InChI=1S/C10H9N7O2S/c1-19-10(18)14-17-5-11-7-4-6(2-3-8(7)17)20-9-12-15-16-13-9/h2-5H,1H3,(H,14,18)(H,12,13,15,16). The minimum absolute atomic E-state index is 0.525. The summed E-state index contributed by atoms with van der Waals surface area (Å²) in [6.45, 7) is 0. The predicted octanol–water partition coefficient (Wildman–Crippen LogP) is 1.01. The van der Waals surface area contributed by atoms with Gasteiger partial charge in [0, 0.05) is 4.90 Å². The minimum atomic E-state index is -0.561. The molecule has 2 N–H and O–H groups in total. The number of aromatic nitrogens is 6. The van der Waals surface area contributed by atoms with Crippen molar-refractivity contribution in [3.63, 3.8) is 0 Å². The van der Waals surface area contributed by atoms with Crippen LogP contribution in [-0.2, 0) is 4.74 Å². The van der Waals surface area contributed by atoms with Crippen molar-refractivity contribution in [1.29, 1.82) is 0 Å². The molecule has 0 saturated heterocycles. The molecule has 0 aliphatic rings. The van der Waals surface area contributed by atoms with E-state index in [9.17, 15) is 4.79 Å². The van der Waals surface area contributed by atoms with E-state index in [1.165, 1.54) is 29.9 Å². The summed E-state index contributed by atoms with van der Waals surface area (Å²) < 4.78 is 6.03. The lowest BCUT2D eigenvalue weighted by Crippen LogP contribution is -2.21. The number of carbonyl (C=O) groups is 1. The molecule has 0 unspecified atom stereocenters. The zero-order chi connectivity index (χ0) is 13.9. The Hall–Kier alpha value is -2.62. The highest BCUT2D eigenvalue weighted by Gasteiger charge is 2.08. The number of hydrogen-bond donors (Lipinski definition) is 2. The van der Waals surface area contributed by atoms with Gasteiger partial charge in [-0.2, -0.15) is 5.21 Å². The van der Waals surface area contributed by atoms with Crippen molar-refractivity contribution in [2.24, 2.45) is 0 Å². The fraction of sp³-hybridized carbons (Fsp3) is 0.100. The Kier molecular flexibility index (Phi) is 3.21. The number of nitrogens with one attached hydrogen (secondary N) is 2. The van der Waals surface area contributed by atoms with Crippen molar-refractivity contribution in [3.8, 4) is 0 Å². The number of nitrogens with zero attached hydrogens (tertiary/aromatic N) is 5. The van der Waals surface area contributed by atoms with E-state index in [1.807, 2.05) is 18.2 Å². The second-order valence-corrected chi connectivity index (χ2v) is 4.71. The molecule has 1 aromatic carbocycles. The van der Waals surface area contributed by atoms with Crippen LogP contribution in [0.3, 0.4) is 0 Å². The summed E-state index contributed by atoms with van der Waals surface area (Å²) in [5.74, 6) is 0. The van der Waals surface area contributed by atoms with E-state index in [2.05, 4.69) is 35.8 Å². The smallest absolute Gasteiger partial charge is 0.426 e. The van der Waals surface area contributed by atoms with Crippen LogP contribution in [0, 0.1) is 0 Å². The number of ether oxygens (including phenoxy) is 1. The molecular formula is C10H9N7O2S. The number of H-pyrrole nitrogens is 1. The van der Waals surface area contributed by atoms with Gasteiger partial charge in [-0.05, 0) is 35.2 Å². The summed E-state index contributed by atoms with van der Waals surface area (Å²) in [7, 11) is 1.30. The van der Waals surface area contributed by atoms with E-state index >= 15 is 0 Å². The summed E-state index contributed by atoms with van der Waals surface area (Å²) in [6.07, 6.45) is 0.944. The number of carbonyl (C=O) groups excluding carboxylic acids is 1. The first kappa shape index (κ1) is 12.4. The van der Waals surface area contributed by atoms with Gasteiger partial charge in [0.2, 0.25) is 5.16 Å². The summed E-state index contributed by atoms with van der Waals surface area (Å²) in [5, 5.41) is 14.1. The molecule has 3 rings (SSSR count). The lowest BCUT2D eigenvalue weighted by molar-refractivity contribution is 0.183. The maximum atomic E-state index is 11.2. The molecule has 0 bridgehead atoms. The zero-order valence-corrected chi connectivity index (χ0v) is 11.1. The highest BCUT2D eigenvalue weighted by Crippen LogP contribution is 2.26. The van der Waals surface area contributed by atoms with Crippen LogP contribution in [0.5, 0.6) is 0 Å². The van der Waals surface area contributed by atoms with Crippen molar-refractivity contribution in [3.05, 3.63) is 24.5 Å². The van der Waals surface area contributed by atoms with Gasteiger partial charge in [-0.25, -0.2) is 19.9 Å². The fourth-order valence-electron chi connectivity index (χ4n) is 1.59. The molecule has 10 heteroatoms. The maximum Gasteiger partial charge on any atom is 0.426 e. The summed E-state index contributed by atoms with van der Waals surface area (Å²) in [6, 6.07) is 5.58. The van der Waals surface area contributed by atoms with Crippen molar-refractivity contribution in [2.45, 2.75) is 10.1 Å². The monoisotopic (exact) mass is 291 g/mol. The molecule has 1 amide bonds. The number of methoxy groups -OCH3 is 1. The first-order chi connectivity index (χ1) is 9.76. The van der Waals surface area contributed by atoms with E-state index in [0.717, 1.165) is 15.9 Å². The molecule has 0 spiro atoms. The molecule has 0 aliphatic carbocycles. The number of imidazole rings is 1. The van der Waals surface area contributed by atoms with Crippen LogP contribution in [0.4, 0.5) is 4.79 Å². The van der Waals surface area contributed by atoms with Gasteiger partial charge in [0.1, 0.15) is 6.33 Å². The SMILES string of the molecule is COC(=O)Nn1cnc2cc(Sc3nn[nH]n3)ccc21. The molecule has 3 aromatic rings. The Bertz CT molecular complexity index is 739. The van der Waals surface area contributed by atoms with E-state index < -0.39 is 6.09 Å². The van der Waals surface area contributed by atoms with Gasteiger partial charge >= 0.3 is 6.09 Å². The maximum absolute atomic E-state index is 11.2. The van der Waals surface area contributed by atoms with Gasteiger partial charge in [-0.1, -0.05) is 0 Å². The van der Waals surface area contributed by atoms with Crippen molar-refractivity contribution >= 4 is 28.9 Å². The molecule has 9 nitrogen and oxygen atoms in total. The molecule has 0 radical (unpaired) electrons. The minimum Gasteiger partial charge on any atom is -0.452 e. The Balaban J connectivity index is 1.87. The average Bonchev–Trinajstić information content (AvgIpc) is 3.09. The second-order valence-electron chi connectivity index (χ2n) is 3.66. The molecule has 102 valence electrons. The lowest BCUT2D eigenvalue weighted by atomic mass is 10.3. The number of tetrazole rings is 1. The number of amides is 1. The Morgan fingerprint density at radius 3 is 3.15 bits per heavy atom. The van der Waals surface area contributed by atoms with Crippen LogP contribution in [-0.4, -0.2) is 43.5 Å².